The van der Waals surface area contributed by atoms with E-state index in [0.29, 0.717) is 22.5 Å². The number of H-pyrrole nitrogens is 2. The first-order chi connectivity index (χ1) is 21.6. The van der Waals surface area contributed by atoms with Crippen molar-refractivity contribution in [2.24, 2.45) is 5.73 Å². The van der Waals surface area contributed by atoms with Gasteiger partial charge in [-0.25, -0.2) is 14.8 Å². The van der Waals surface area contributed by atoms with Gasteiger partial charge in [-0.3, -0.25) is 14.4 Å². The van der Waals surface area contributed by atoms with Gasteiger partial charge < -0.3 is 47.0 Å². The quantitative estimate of drug-likeness (QED) is 0.0840. The van der Waals surface area contributed by atoms with Gasteiger partial charge >= 0.3 is 5.97 Å². The van der Waals surface area contributed by atoms with Crippen molar-refractivity contribution in [2.75, 3.05) is 0 Å². The van der Waals surface area contributed by atoms with Crippen LogP contribution >= 0.6 is 0 Å². The number of nitrogens with one attached hydrogen (secondary N) is 5. The van der Waals surface area contributed by atoms with E-state index >= 15 is 0 Å². The van der Waals surface area contributed by atoms with Crippen LogP contribution in [0.15, 0.2) is 73.6 Å². The SMILES string of the molecule is NC(Cc1cnc[nH]1)C(=O)NC(Cc1cnc[nH]1)C(=O)NC(Cc1ccc(O)cc1)C(=O)NC(Cc1ccc(O)cc1)C(=O)O. The summed E-state index contributed by atoms with van der Waals surface area (Å²) in [6, 6.07) is 6.99. The third kappa shape index (κ3) is 9.65. The van der Waals surface area contributed by atoms with Crippen molar-refractivity contribution in [3.8, 4) is 11.5 Å². The number of carboxylic acids is 1. The molecule has 15 nitrogen and oxygen atoms in total. The van der Waals surface area contributed by atoms with Crippen LogP contribution in [0.3, 0.4) is 0 Å². The van der Waals surface area contributed by atoms with E-state index in [-0.39, 0.29) is 37.2 Å². The highest BCUT2D eigenvalue weighted by molar-refractivity contribution is 5.94. The molecule has 10 N–H and O–H groups in total. The Morgan fingerprint density at radius 1 is 0.644 bits per heavy atom. The van der Waals surface area contributed by atoms with Gasteiger partial charge in [0.2, 0.25) is 17.7 Å². The molecule has 4 aromatic rings. The molecular formula is C30H34N8O7. The Labute approximate surface area is 257 Å². The number of aliphatic carboxylic acids is 1. The van der Waals surface area contributed by atoms with Crippen LogP contribution in [0, 0.1) is 0 Å². The Kier molecular flexibility index (Phi) is 10.8. The molecule has 2 aromatic heterocycles. The maximum atomic E-state index is 13.7. The van der Waals surface area contributed by atoms with Gasteiger partial charge in [-0.1, -0.05) is 24.3 Å². The van der Waals surface area contributed by atoms with Gasteiger partial charge in [0.1, 0.15) is 29.6 Å². The summed E-state index contributed by atoms with van der Waals surface area (Å²) >= 11 is 0. The zero-order valence-electron chi connectivity index (χ0n) is 24.0. The number of benzene rings is 2. The minimum atomic E-state index is -1.36. The van der Waals surface area contributed by atoms with E-state index in [0.717, 1.165) is 0 Å². The van der Waals surface area contributed by atoms with Gasteiger partial charge in [0, 0.05) is 49.5 Å². The third-order valence-corrected chi connectivity index (χ3v) is 6.94. The second-order valence-electron chi connectivity index (χ2n) is 10.4. The summed E-state index contributed by atoms with van der Waals surface area (Å²) in [5.41, 5.74) is 8.35. The standard InChI is InChI=1S/C30H34N8O7/c31-23(11-19-13-32-15-34-19)27(41)36-25(12-20-14-33-16-35-20)29(43)37-24(9-17-1-5-21(39)6-2-17)28(42)38-26(30(44)45)10-18-3-7-22(40)8-4-18/h1-8,13-16,23-26,39-40H,9-12,31H2,(H,32,34)(H,33,35)(H,36,41)(H,37,43)(H,38,42)(H,44,45). The molecule has 0 fully saturated rings. The second kappa shape index (κ2) is 15.2. The fourth-order valence-corrected chi connectivity index (χ4v) is 4.52. The summed E-state index contributed by atoms with van der Waals surface area (Å²) in [5, 5.41) is 36.9. The Hall–Kier alpha value is -5.70. The maximum absolute atomic E-state index is 13.7. The second-order valence-corrected chi connectivity index (χ2v) is 10.4. The predicted octanol–water partition coefficient (Wildman–Crippen LogP) is -0.319. The molecule has 236 valence electrons. The number of nitrogens with two attached hydrogens (primary N) is 1. The number of aromatic hydroxyl groups is 2. The van der Waals surface area contributed by atoms with Crippen molar-refractivity contribution in [2.45, 2.75) is 49.9 Å². The Morgan fingerprint density at radius 3 is 1.53 bits per heavy atom. The Morgan fingerprint density at radius 2 is 1.07 bits per heavy atom. The highest BCUT2D eigenvalue weighted by Gasteiger charge is 2.31. The number of carbonyl (C=O) groups excluding carboxylic acids is 3. The first-order valence-corrected chi connectivity index (χ1v) is 14.0. The lowest BCUT2D eigenvalue weighted by Crippen LogP contribution is -2.58. The lowest BCUT2D eigenvalue weighted by Gasteiger charge is -2.25. The highest BCUT2D eigenvalue weighted by Crippen LogP contribution is 2.14. The van der Waals surface area contributed by atoms with Gasteiger partial charge in [-0.05, 0) is 35.4 Å². The summed E-state index contributed by atoms with van der Waals surface area (Å²) in [6.07, 6.45) is 5.85. The van der Waals surface area contributed by atoms with Crippen LogP contribution in [0.5, 0.6) is 11.5 Å². The van der Waals surface area contributed by atoms with Crippen LogP contribution in [0.1, 0.15) is 22.5 Å². The maximum Gasteiger partial charge on any atom is 0.326 e. The number of imidazole rings is 2. The zero-order chi connectivity index (χ0) is 32.3. The first-order valence-electron chi connectivity index (χ1n) is 14.0. The molecule has 0 bridgehead atoms. The van der Waals surface area contributed by atoms with Crippen molar-refractivity contribution in [3.05, 3.63) is 96.1 Å². The highest BCUT2D eigenvalue weighted by atomic mass is 16.4. The average Bonchev–Trinajstić information content (AvgIpc) is 3.73. The summed E-state index contributed by atoms with van der Waals surface area (Å²) in [4.78, 5) is 65.9. The molecule has 4 rings (SSSR count). The van der Waals surface area contributed by atoms with Gasteiger partial charge in [0.05, 0.1) is 18.7 Å². The van der Waals surface area contributed by atoms with Crippen LogP contribution in [-0.4, -0.2) is 83.1 Å². The molecule has 2 heterocycles. The molecule has 0 saturated carbocycles. The van der Waals surface area contributed by atoms with Crippen LogP contribution in [0.25, 0.3) is 0 Å². The largest absolute Gasteiger partial charge is 0.508 e. The molecule has 0 aliphatic rings. The summed E-state index contributed by atoms with van der Waals surface area (Å²) in [6.45, 7) is 0. The summed E-state index contributed by atoms with van der Waals surface area (Å²) in [5.74, 6) is -3.44. The fraction of sp³-hybridized carbons (Fsp3) is 0.267. The minimum Gasteiger partial charge on any atom is -0.508 e. The monoisotopic (exact) mass is 618 g/mol. The Bertz CT molecular complexity index is 1560. The topological polar surface area (TPSA) is 248 Å². The Balaban J connectivity index is 1.53. The van der Waals surface area contributed by atoms with E-state index in [2.05, 4.69) is 35.9 Å². The number of hydrogen-bond acceptors (Lipinski definition) is 9. The van der Waals surface area contributed by atoms with Gasteiger partial charge in [0.25, 0.3) is 0 Å². The normalized spacial score (nSPS) is 13.6. The van der Waals surface area contributed by atoms with Crippen molar-refractivity contribution < 1.29 is 34.5 Å². The van der Waals surface area contributed by atoms with Gasteiger partial charge in [0.15, 0.2) is 0 Å². The molecule has 0 aliphatic heterocycles. The van der Waals surface area contributed by atoms with Crippen molar-refractivity contribution >= 4 is 23.7 Å². The average molecular weight is 619 g/mol. The molecule has 2 aromatic carbocycles. The van der Waals surface area contributed by atoms with Crippen LogP contribution < -0.4 is 21.7 Å². The van der Waals surface area contributed by atoms with Crippen molar-refractivity contribution in [3.63, 3.8) is 0 Å². The first kappa shape index (κ1) is 32.2. The van der Waals surface area contributed by atoms with Crippen LogP contribution in [-0.2, 0) is 44.9 Å². The number of phenols is 2. The van der Waals surface area contributed by atoms with E-state index in [9.17, 15) is 34.5 Å². The smallest absolute Gasteiger partial charge is 0.326 e. The molecule has 45 heavy (non-hydrogen) atoms. The predicted molar refractivity (Wildman–Crippen MR) is 160 cm³/mol. The molecular weight excluding hydrogens is 584 g/mol. The van der Waals surface area contributed by atoms with E-state index in [1.165, 1.54) is 61.4 Å². The van der Waals surface area contributed by atoms with Crippen molar-refractivity contribution in [1.82, 2.24) is 35.9 Å². The number of carboxylic acid groups (broad SMARTS) is 1. The number of nitrogens with zero attached hydrogens (tertiary/aromatic N) is 2. The molecule has 4 unspecified atom stereocenters. The number of hydrogen-bond donors (Lipinski definition) is 9. The van der Waals surface area contributed by atoms with E-state index in [1.54, 1.807) is 12.1 Å². The lowest BCUT2D eigenvalue weighted by molar-refractivity contribution is -0.142. The number of carbonyl (C=O) groups is 4. The fourth-order valence-electron chi connectivity index (χ4n) is 4.52. The van der Waals surface area contributed by atoms with Crippen LogP contribution in [0.4, 0.5) is 0 Å². The van der Waals surface area contributed by atoms with Crippen molar-refractivity contribution in [1.29, 1.82) is 0 Å². The minimum absolute atomic E-state index is 0.00238. The van der Waals surface area contributed by atoms with Crippen LogP contribution in [0.2, 0.25) is 0 Å². The van der Waals surface area contributed by atoms with Gasteiger partial charge in [-0.15, -0.1) is 0 Å². The summed E-state index contributed by atoms with van der Waals surface area (Å²) < 4.78 is 0. The third-order valence-electron chi connectivity index (χ3n) is 6.94. The lowest BCUT2D eigenvalue weighted by atomic mass is 10.0. The molecule has 15 heteroatoms. The summed E-state index contributed by atoms with van der Waals surface area (Å²) in [7, 11) is 0. The molecule has 0 radical (unpaired) electrons. The molecule has 0 spiro atoms. The number of rotatable bonds is 15. The van der Waals surface area contributed by atoms with Gasteiger partial charge in [-0.2, -0.15) is 0 Å². The zero-order valence-corrected chi connectivity index (χ0v) is 24.0. The van der Waals surface area contributed by atoms with E-state index < -0.39 is 47.9 Å². The number of amides is 3. The van der Waals surface area contributed by atoms with E-state index in [4.69, 9.17) is 5.73 Å². The molecule has 0 aliphatic carbocycles. The number of phenolic OH excluding ortho intramolecular Hbond substituents is 2. The molecule has 3 amide bonds. The van der Waals surface area contributed by atoms with E-state index in [1.807, 2.05) is 0 Å². The molecule has 0 saturated heterocycles. The number of aromatic nitrogens is 4. The molecule has 4 atom stereocenters. The number of aromatic amines is 2.